The molecular formula is C29H26FN7O. The molecule has 0 atom stereocenters. The van der Waals surface area contributed by atoms with Gasteiger partial charge in [0.25, 0.3) is 0 Å². The quantitative estimate of drug-likeness (QED) is 0.255. The Hall–Kier alpha value is -4.50. The van der Waals surface area contributed by atoms with E-state index in [0.29, 0.717) is 23.6 Å². The molecule has 1 fully saturated rings. The van der Waals surface area contributed by atoms with Crippen LogP contribution in [0.5, 0.6) is 5.75 Å². The number of pyridine rings is 1. The van der Waals surface area contributed by atoms with E-state index in [4.69, 9.17) is 4.74 Å². The molecule has 0 bridgehead atoms. The van der Waals surface area contributed by atoms with Crippen molar-refractivity contribution >= 4 is 21.8 Å². The fourth-order valence-electron chi connectivity index (χ4n) is 5.30. The second kappa shape index (κ2) is 9.42. The summed E-state index contributed by atoms with van der Waals surface area (Å²) < 4.78 is 20.6. The third-order valence-electron chi connectivity index (χ3n) is 7.22. The van der Waals surface area contributed by atoms with Gasteiger partial charge in [-0.1, -0.05) is 6.07 Å². The Balaban J connectivity index is 1.23. The standard InChI is InChI=1S/C29H26FN7O/c30-21-11-19(12-22(14-21)38-10-9-37-7-1-2-8-37)28-24-15-27(34-25(24)5-6-31-28)29-23-13-18(20-16-32-33-17-20)3-4-26(23)35-36-29/h3-6,11-17,34H,1-2,7-10H2,(H,32,33)(H,35,36). The van der Waals surface area contributed by atoms with Crippen LogP contribution in [0.25, 0.3) is 55.6 Å². The topological polar surface area (TPSA) is 98.5 Å². The van der Waals surface area contributed by atoms with Crippen molar-refractivity contribution in [2.45, 2.75) is 12.8 Å². The molecule has 5 heterocycles. The first kappa shape index (κ1) is 22.7. The van der Waals surface area contributed by atoms with Gasteiger partial charge < -0.3 is 9.72 Å². The minimum Gasteiger partial charge on any atom is -0.492 e. The molecule has 0 spiro atoms. The minimum absolute atomic E-state index is 0.349. The van der Waals surface area contributed by atoms with Gasteiger partial charge >= 0.3 is 0 Å². The van der Waals surface area contributed by atoms with Crippen molar-refractivity contribution in [1.29, 1.82) is 0 Å². The predicted octanol–water partition coefficient (Wildman–Crippen LogP) is 5.78. The summed E-state index contributed by atoms with van der Waals surface area (Å²) in [5, 5.41) is 16.5. The number of benzene rings is 2. The van der Waals surface area contributed by atoms with E-state index >= 15 is 0 Å². The van der Waals surface area contributed by atoms with Gasteiger partial charge in [0.15, 0.2) is 0 Å². The Morgan fingerprint density at radius 1 is 0.895 bits per heavy atom. The van der Waals surface area contributed by atoms with Crippen LogP contribution < -0.4 is 4.74 Å². The largest absolute Gasteiger partial charge is 0.492 e. The van der Waals surface area contributed by atoms with Gasteiger partial charge in [0.2, 0.25) is 0 Å². The van der Waals surface area contributed by atoms with Gasteiger partial charge in [-0.05, 0) is 67.9 Å². The number of rotatable bonds is 7. The number of ether oxygens (including phenoxy) is 1. The maximum Gasteiger partial charge on any atom is 0.127 e. The van der Waals surface area contributed by atoms with Crippen LogP contribution in [0.3, 0.4) is 0 Å². The van der Waals surface area contributed by atoms with Gasteiger partial charge in [-0.25, -0.2) is 4.39 Å². The van der Waals surface area contributed by atoms with Gasteiger partial charge in [0.05, 0.1) is 23.1 Å². The number of aromatic nitrogens is 6. The molecule has 3 N–H and O–H groups in total. The molecule has 9 heteroatoms. The SMILES string of the molecule is Fc1cc(OCCN2CCCC2)cc(-c2nccc3[nH]c(-c4n[nH]c5ccc(-c6cn[nH]c6)cc45)cc23)c1. The third-order valence-corrected chi connectivity index (χ3v) is 7.22. The molecule has 38 heavy (non-hydrogen) atoms. The van der Waals surface area contributed by atoms with Gasteiger partial charge in [-0.3, -0.25) is 20.1 Å². The highest BCUT2D eigenvalue weighted by molar-refractivity contribution is 6.00. The summed E-state index contributed by atoms with van der Waals surface area (Å²) >= 11 is 0. The molecule has 0 unspecified atom stereocenters. The second-order valence-electron chi connectivity index (χ2n) is 9.70. The zero-order valence-electron chi connectivity index (χ0n) is 20.7. The highest BCUT2D eigenvalue weighted by atomic mass is 19.1. The van der Waals surface area contributed by atoms with Gasteiger partial charge in [0.1, 0.15) is 23.9 Å². The molecule has 1 aliphatic heterocycles. The summed E-state index contributed by atoms with van der Waals surface area (Å²) in [4.78, 5) is 10.5. The molecule has 190 valence electrons. The molecular weight excluding hydrogens is 481 g/mol. The van der Waals surface area contributed by atoms with Gasteiger partial charge in [0, 0.05) is 52.4 Å². The van der Waals surface area contributed by atoms with E-state index in [9.17, 15) is 4.39 Å². The molecule has 0 saturated carbocycles. The lowest BCUT2D eigenvalue weighted by atomic mass is 10.0. The zero-order valence-corrected chi connectivity index (χ0v) is 20.7. The second-order valence-corrected chi connectivity index (χ2v) is 9.70. The molecule has 2 aromatic carbocycles. The van der Waals surface area contributed by atoms with E-state index in [1.807, 2.05) is 36.5 Å². The van der Waals surface area contributed by atoms with E-state index in [1.165, 1.54) is 25.0 Å². The number of likely N-dealkylation sites (tertiary alicyclic amines) is 1. The first-order chi connectivity index (χ1) is 18.7. The Kier molecular flexibility index (Phi) is 5.62. The summed E-state index contributed by atoms with van der Waals surface area (Å²) in [5.41, 5.74) is 6.90. The molecule has 1 aliphatic rings. The Morgan fingerprint density at radius 2 is 1.79 bits per heavy atom. The van der Waals surface area contributed by atoms with Gasteiger partial charge in [-0.2, -0.15) is 10.2 Å². The van der Waals surface area contributed by atoms with Crippen molar-refractivity contribution in [3.8, 4) is 39.5 Å². The first-order valence-corrected chi connectivity index (χ1v) is 12.8. The number of halogens is 1. The normalized spacial score (nSPS) is 14.1. The highest BCUT2D eigenvalue weighted by Gasteiger charge is 2.16. The summed E-state index contributed by atoms with van der Waals surface area (Å²) in [6, 6.07) is 14.9. The number of hydrogen-bond acceptors (Lipinski definition) is 5. The lowest BCUT2D eigenvalue weighted by Crippen LogP contribution is -2.25. The fraction of sp³-hybridized carbons (Fsp3) is 0.207. The van der Waals surface area contributed by atoms with Crippen LogP contribution in [0, 0.1) is 5.82 Å². The predicted molar refractivity (Wildman–Crippen MR) is 145 cm³/mol. The molecule has 0 radical (unpaired) electrons. The van der Waals surface area contributed by atoms with Crippen LogP contribution in [0.4, 0.5) is 4.39 Å². The van der Waals surface area contributed by atoms with Crippen LogP contribution in [0.2, 0.25) is 0 Å². The Morgan fingerprint density at radius 3 is 2.66 bits per heavy atom. The lowest BCUT2D eigenvalue weighted by Gasteiger charge is -2.15. The lowest BCUT2D eigenvalue weighted by molar-refractivity contribution is 0.237. The average molecular weight is 508 g/mol. The van der Waals surface area contributed by atoms with E-state index in [-0.39, 0.29) is 5.82 Å². The summed E-state index contributed by atoms with van der Waals surface area (Å²) in [5.74, 6) is 0.164. The number of aromatic amines is 3. The molecule has 6 aromatic rings. The molecule has 8 nitrogen and oxygen atoms in total. The molecule has 4 aromatic heterocycles. The maximum atomic E-state index is 14.7. The van der Waals surface area contributed by atoms with E-state index < -0.39 is 0 Å². The van der Waals surface area contributed by atoms with Crippen LogP contribution >= 0.6 is 0 Å². The summed E-state index contributed by atoms with van der Waals surface area (Å²) in [6.45, 7) is 3.59. The van der Waals surface area contributed by atoms with Crippen molar-refractivity contribution in [3.05, 3.63) is 72.9 Å². The zero-order chi connectivity index (χ0) is 25.5. The summed E-state index contributed by atoms with van der Waals surface area (Å²) in [6.07, 6.45) is 7.86. The van der Waals surface area contributed by atoms with Crippen LogP contribution in [0.1, 0.15) is 12.8 Å². The number of nitrogens with one attached hydrogen (secondary N) is 3. The number of H-pyrrole nitrogens is 3. The molecule has 7 rings (SSSR count). The Labute approximate surface area is 217 Å². The average Bonchev–Trinajstić information content (AvgIpc) is 3.73. The van der Waals surface area contributed by atoms with E-state index in [2.05, 4.69) is 41.3 Å². The molecule has 0 amide bonds. The number of fused-ring (bicyclic) bond motifs is 2. The van der Waals surface area contributed by atoms with Crippen molar-refractivity contribution < 1.29 is 9.13 Å². The van der Waals surface area contributed by atoms with E-state index in [1.54, 1.807) is 12.4 Å². The summed E-state index contributed by atoms with van der Waals surface area (Å²) in [7, 11) is 0. The number of hydrogen-bond donors (Lipinski definition) is 3. The monoisotopic (exact) mass is 507 g/mol. The van der Waals surface area contributed by atoms with Crippen LogP contribution in [-0.4, -0.2) is 61.5 Å². The van der Waals surface area contributed by atoms with E-state index in [0.717, 1.165) is 64.0 Å². The maximum absolute atomic E-state index is 14.7. The van der Waals surface area contributed by atoms with Crippen molar-refractivity contribution in [1.82, 2.24) is 35.3 Å². The molecule has 0 aliphatic carbocycles. The van der Waals surface area contributed by atoms with Crippen LogP contribution in [-0.2, 0) is 0 Å². The van der Waals surface area contributed by atoms with Crippen LogP contribution in [0.15, 0.2) is 67.1 Å². The van der Waals surface area contributed by atoms with Crippen molar-refractivity contribution in [2.75, 3.05) is 26.2 Å². The highest BCUT2D eigenvalue weighted by Crippen LogP contribution is 2.35. The van der Waals surface area contributed by atoms with Crippen molar-refractivity contribution in [2.24, 2.45) is 0 Å². The Bertz CT molecular complexity index is 1730. The molecule has 1 saturated heterocycles. The first-order valence-electron chi connectivity index (χ1n) is 12.8. The smallest absolute Gasteiger partial charge is 0.127 e. The minimum atomic E-state index is -0.349. The van der Waals surface area contributed by atoms with Gasteiger partial charge in [-0.15, -0.1) is 0 Å². The third kappa shape index (κ3) is 4.20. The fourth-order valence-corrected chi connectivity index (χ4v) is 5.30. The van der Waals surface area contributed by atoms with Crippen molar-refractivity contribution in [3.63, 3.8) is 0 Å². The number of nitrogens with zero attached hydrogens (tertiary/aromatic N) is 4.